The third kappa shape index (κ3) is 4.37. The molecule has 1 unspecified atom stereocenters. The van der Waals surface area contributed by atoms with Crippen LogP contribution in [0.5, 0.6) is 5.75 Å². The Balaban J connectivity index is 0.00000192. The van der Waals surface area contributed by atoms with E-state index in [2.05, 4.69) is 10.6 Å². The first kappa shape index (κ1) is 18.0. The van der Waals surface area contributed by atoms with E-state index in [0.29, 0.717) is 13.2 Å². The molecule has 5 nitrogen and oxygen atoms in total. The van der Waals surface area contributed by atoms with Gasteiger partial charge in [0.05, 0.1) is 6.61 Å². The van der Waals surface area contributed by atoms with Crippen LogP contribution in [-0.2, 0) is 9.53 Å². The first-order valence-corrected chi connectivity index (χ1v) is 7.97. The topological polar surface area (TPSA) is 59.6 Å². The fraction of sp³-hybridized carbons (Fsp3) is 0.588. The molecule has 6 heteroatoms. The van der Waals surface area contributed by atoms with Crippen molar-refractivity contribution in [3.8, 4) is 5.75 Å². The summed E-state index contributed by atoms with van der Waals surface area (Å²) in [5, 5.41) is 6.39. The first-order chi connectivity index (χ1) is 10.7. The minimum atomic E-state index is 0. The van der Waals surface area contributed by atoms with Crippen LogP contribution in [0, 0.1) is 11.3 Å². The first-order valence-electron chi connectivity index (χ1n) is 7.97. The highest BCUT2D eigenvalue weighted by Gasteiger charge is 2.57. The van der Waals surface area contributed by atoms with Gasteiger partial charge in [-0.15, -0.1) is 12.4 Å². The number of nitrogens with one attached hydrogen (secondary N) is 2. The van der Waals surface area contributed by atoms with Crippen LogP contribution in [0.1, 0.15) is 19.3 Å². The second-order valence-corrected chi connectivity index (χ2v) is 6.22. The number of methoxy groups -OCH3 is 1. The summed E-state index contributed by atoms with van der Waals surface area (Å²) in [4.78, 5) is 12.4. The van der Waals surface area contributed by atoms with Gasteiger partial charge in [0.25, 0.3) is 0 Å². The molecule has 23 heavy (non-hydrogen) atoms. The second kappa shape index (κ2) is 7.99. The lowest BCUT2D eigenvalue weighted by Gasteiger charge is -2.23. The van der Waals surface area contributed by atoms with Crippen LogP contribution in [0.4, 0.5) is 5.69 Å². The number of anilines is 1. The van der Waals surface area contributed by atoms with Crippen molar-refractivity contribution in [1.82, 2.24) is 5.32 Å². The van der Waals surface area contributed by atoms with E-state index in [9.17, 15) is 4.79 Å². The molecular weight excluding hydrogens is 316 g/mol. The minimum Gasteiger partial charge on any atom is -0.491 e. The van der Waals surface area contributed by atoms with Gasteiger partial charge < -0.3 is 20.1 Å². The van der Waals surface area contributed by atoms with E-state index in [1.54, 1.807) is 7.11 Å². The standard InChI is InChI=1S/C17H24N2O3.ClH/c1-21-10-11-22-14-4-2-13(3-5-14)19-16(20)15-12-17(15)6-8-18-9-7-17;/h2-5,15,18H,6-12H2,1H3,(H,19,20);1H. The SMILES string of the molecule is COCCOc1ccc(NC(=O)C2CC23CCNCC3)cc1.Cl. The average Bonchev–Trinajstić information content (AvgIpc) is 3.23. The molecule has 2 fully saturated rings. The van der Waals surface area contributed by atoms with E-state index >= 15 is 0 Å². The van der Waals surface area contributed by atoms with Gasteiger partial charge in [-0.2, -0.15) is 0 Å². The van der Waals surface area contributed by atoms with Crippen LogP contribution < -0.4 is 15.4 Å². The highest BCUT2D eigenvalue weighted by atomic mass is 35.5. The van der Waals surface area contributed by atoms with Gasteiger partial charge in [-0.3, -0.25) is 4.79 Å². The van der Waals surface area contributed by atoms with E-state index in [1.165, 1.54) is 0 Å². The smallest absolute Gasteiger partial charge is 0.228 e. The van der Waals surface area contributed by atoms with E-state index in [0.717, 1.165) is 43.8 Å². The fourth-order valence-corrected chi connectivity index (χ4v) is 3.30. The van der Waals surface area contributed by atoms with Gasteiger partial charge >= 0.3 is 0 Å². The Labute approximate surface area is 143 Å². The summed E-state index contributed by atoms with van der Waals surface area (Å²) in [6, 6.07) is 7.52. The molecule has 2 aliphatic rings. The van der Waals surface area contributed by atoms with Gasteiger partial charge in [0.1, 0.15) is 12.4 Å². The number of carbonyl (C=O) groups excluding carboxylic acids is 1. The number of carbonyl (C=O) groups is 1. The Morgan fingerprint density at radius 3 is 2.61 bits per heavy atom. The third-order valence-corrected chi connectivity index (χ3v) is 4.78. The van der Waals surface area contributed by atoms with E-state index in [1.807, 2.05) is 24.3 Å². The van der Waals surface area contributed by atoms with Crippen molar-refractivity contribution in [2.24, 2.45) is 11.3 Å². The van der Waals surface area contributed by atoms with Crippen LogP contribution in [0.2, 0.25) is 0 Å². The number of amides is 1. The molecule has 0 aromatic heterocycles. The largest absolute Gasteiger partial charge is 0.491 e. The maximum Gasteiger partial charge on any atom is 0.228 e. The molecule has 1 aliphatic carbocycles. The normalized spacial score (nSPS) is 21.3. The lowest BCUT2D eigenvalue weighted by Crippen LogP contribution is -2.31. The van der Waals surface area contributed by atoms with Crippen molar-refractivity contribution in [2.75, 3.05) is 38.7 Å². The summed E-state index contributed by atoms with van der Waals surface area (Å²) in [7, 11) is 1.65. The van der Waals surface area contributed by atoms with Gasteiger partial charge in [-0.05, 0) is 62.0 Å². The number of benzene rings is 1. The number of piperidine rings is 1. The number of hydrogen-bond donors (Lipinski definition) is 2. The summed E-state index contributed by atoms with van der Waals surface area (Å²) in [6.45, 7) is 3.17. The second-order valence-electron chi connectivity index (χ2n) is 6.22. The molecule has 1 aromatic rings. The molecule has 128 valence electrons. The summed E-state index contributed by atoms with van der Waals surface area (Å²) in [5.74, 6) is 1.14. The molecule has 1 saturated carbocycles. The van der Waals surface area contributed by atoms with Gasteiger partial charge in [-0.1, -0.05) is 0 Å². The van der Waals surface area contributed by atoms with E-state index < -0.39 is 0 Å². The number of halogens is 1. The number of rotatable bonds is 6. The summed E-state index contributed by atoms with van der Waals surface area (Å²) in [5.41, 5.74) is 1.11. The Morgan fingerprint density at radius 2 is 1.96 bits per heavy atom. The quantitative estimate of drug-likeness (QED) is 0.781. The highest BCUT2D eigenvalue weighted by Crippen LogP contribution is 2.58. The summed E-state index contributed by atoms with van der Waals surface area (Å²) in [6.07, 6.45) is 3.29. The molecule has 1 spiro atoms. The number of hydrogen-bond acceptors (Lipinski definition) is 4. The summed E-state index contributed by atoms with van der Waals surface area (Å²) >= 11 is 0. The van der Waals surface area contributed by atoms with Crippen molar-refractivity contribution in [2.45, 2.75) is 19.3 Å². The molecule has 1 atom stereocenters. The van der Waals surface area contributed by atoms with Crippen molar-refractivity contribution in [1.29, 1.82) is 0 Å². The Morgan fingerprint density at radius 1 is 1.26 bits per heavy atom. The fourth-order valence-electron chi connectivity index (χ4n) is 3.30. The van der Waals surface area contributed by atoms with Crippen LogP contribution in [0.3, 0.4) is 0 Å². The van der Waals surface area contributed by atoms with Gasteiger partial charge in [0, 0.05) is 18.7 Å². The zero-order valence-corrected chi connectivity index (χ0v) is 14.3. The maximum absolute atomic E-state index is 12.4. The van der Waals surface area contributed by atoms with Gasteiger partial charge in [-0.25, -0.2) is 0 Å². The van der Waals surface area contributed by atoms with Crippen LogP contribution >= 0.6 is 12.4 Å². The molecule has 1 amide bonds. The molecule has 1 aliphatic heterocycles. The molecule has 3 rings (SSSR count). The zero-order chi connectivity index (χ0) is 15.4. The zero-order valence-electron chi connectivity index (χ0n) is 13.5. The summed E-state index contributed by atoms with van der Waals surface area (Å²) < 4.78 is 10.5. The van der Waals surface area contributed by atoms with Crippen LogP contribution in [-0.4, -0.2) is 39.3 Å². The molecule has 1 aromatic carbocycles. The molecule has 0 radical (unpaired) electrons. The lowest BCUT2D eigenvalue weighted by molar-refractivity contribution is -0.118. The predicted molar refractivity (Wildman–Crippen MR) is 92.3 cm³/mol. The Hall–Kier alpha value is -1.30. The molecule has 1 saturated heterocycles. The molecule has 0 bridgehead atoms. The number of ether oxygens (including phenoxy) is 2. The third-order valence-electron chi connectivity index (χ3n) is 4.78. The molecule has 1 heterocycles. The highest BCUT2D eigenvalue weighted by molar-refractivity contribution is 5.95. The van der Waals surface area contributed by atoms with Gasteiger partial charge in [0.2, 0.25) is 5.91 Å². The average molecular weight is 341 g/mol. The van der Waals surface area contributed by atoms with Crippen LogP contribution in [0.25, 0.3) is 0 Å². The monoisotopic (exact) mass is 340 g/mol. The minimum absolute atomic E-state index is 0. The molecule has 2 N–H and O–H groups in total. The van der Waals surface area contributed by atoms with Gasteiger partial charge in [0.15, 0.2) is 0 Å². The lowest BCUT2D eigenvalue weighted by atomic mass is 9.92. The Bertz CT molecular complexity index is 515. The van der Waals surface area contributed by atoms with Crippen molar-refractivity contribution in [3.63, 3.8) is 0 Å². The van der Waals surface area contributed by atoms with E-state index in [-0.39, 0.29) is 29.6 Å². The molecular formula is C17H25ClN2O3. The van der Waals surface area contributed by atoms with Crippen LogP contribution in [0.15, 0.2) is 24.3 Å². The van der Waals surface area contributed by atoms with E-state index in [4.69, 9.17) is 9.47 Å². The van der Waals surface area contributed by atoms with Crippen molar-refractivity contribution >= 4 is 24.0 Å². The predicted octanol–water partition coefficient (Wildman–Crippen LogP) is 2.46. The Kier molecular flexibility index (Phi) is 6.27. The van der Waals surface area contributed by atoms with Crippen molar-refractivity contribution < 1.29 is 14.3 Å². The maximum atomic E-state index is 12.4. The van der Waals surface area contributed by atoms with Crippen molar-refractivity contribution in [3.05, 3.63) is 24.3 Å².